The molecule has 1 heterocycles. The van der Waals surface area contributed by atoms with Crippen LogP contribution in [0.4, 0.5) is 14.9 Å². The molecule has 24 heavy (non-hydrogen) atoms. The normalized spacial score (nSPS) is 13.5. The standard InChI is InChI=1S/C17H15ClFN3O2/c1-9-7-11(10-4-5-10)8-12(19)14(9)16(23)22-17(24)21-13-3-2-6-20-15(13)18/h2-3,6-8,10H,4-5H2,1H3,(H2,21,22,23,24). The van der Waals surface area contributed by atoms with Crippen LogP contribution >= 0.6 is 11.6 Å². The summed E-state index contributed by atoms with van der Waals surface area (Å²) in [7, 11) is 0. The van der Waals surface area contributed by atoms with E-state index in [2.05, 4.69) is 15.6 Å². The van der Waals surface area contributed by atoms with E-state index in [1.165, 1.54) is 18.3 Å². The molecule has 2 N–H and O–H groups in total. The fourth-order valence-corrected chi connectivity index (χ4v) is 2.68. The van der Waals surface area contributed by atoms with Gasteiger partial charge in [-0.25, -0.2) is 14.2 Å². The molecule has 0 bridgehead atoms. The second-order valence-electron chi connectivity index (χ2n) is 5.72. The minimum absolute atomic E-state index is 0.0937. The van der Waals surface area contributed by atoms with Crippen molar-refractivity contribution in [2.45, 2.75) is 25.7 Å². The van der Waals surface area contributed by atoms with Gasteiger partial charge in [-0.15, -0.1) is 0 Å². The molecule has 5 nitrogen and oxygen atoms in total. The molecule has 1 saturated carbocycles. The van der Waals surface area contributed by atoms with E-state index in [9.17, 15) is 14.0 Å². The summed E-state index contributed by atoms with van der Waals surface area (Å²) >= 11 is 5.83. The lowest BCUT2D eigenvalue weighted by molar-refractivity contribution is 0.0962. The Hall–Kier alpha value is -2.47. The molecule has 3 rings (SSSR count). The molecular formula is C17H15ClFN3O2. The molecular weight excluding hydrogens is 333 g/mol. The Bertz CT molecular complexity index is 798. The summed E-state index contributed by atoms with van der Waals surface area (Å²) in [4.78, 5) is 27.9. The Balaban J connectivity index is 1.73. The van der Waals surface area contributed by atoms with Gasteiger partial charge in [0.05, 0.1) is 11.3 Å². The van der Waals surface area contributed by atoms with E-state index < -0.39 is 17.8 Å². The highest BCUT2D eigenvalue weighted by molar-refractivity contribution is 6.32. The predicted molar refractivity (Wildman–Crippen MR) is 88.8 cm³/mol. The van der Waals surface area contributed by atoms with E-state index in [1.54, 1.807) is 19.1 Å². The molecule has 3 amide bonds. The number of imide groups is 1. The van der Waals surface area contributed by atoms with Gasteiger partial charge in [0.15, 0.2) is 5.15 Å². The van der Waals surface area contributed by atoms with Crippen LogP contribution in [0.25, 0.3) is 0 Å². The van der Waals surface area contributed by atoms with Crippen LogP contribution in [-0.2, 0) is 0 Å². The first-order chi connectivity index (χ1) is 11.5. The fraction of sp³-hybridized carbons (Fsp3) is 0.235. The number of carbonyl (C=O) groups excluding carboxylic acids is 2. The Morgan fingerprint density at radius 1 is 1.33 bits per heavy atom. The van der Waals surface area contributed by atoms with Crippen LogP contribution in [0.3, 0.4) is 0 Å². The number of pyridine rings is 1. The van der Waals surface area contributed by atoms with Crippen LogP contribution < -0.4 is 10.6 Å². The lowest BCUT2D eigenvalue weighted by atomic mass is 10.0. The van der Waals surface area contributed by atoms with Crippen LogP contribution in [-0.4, -0.2) is 16.9 Å². The Kier molecular flexibility index (Phi) is 4.49. The van der Waals surface area contributed by atoms with Gasteiger partial charge in [0.25, 0.3) is 5.91 Å². The highest BCUT2D eigenvalue weighted by atomic mass is 35.5. The van der Waals surface area contributed by atoms with Crippen molar-refractivity contribution >= 4 is 29.2 Å². The Morgan fingerprint density at radius 3 is 2.71 bits per heavy atom. The maximum absolute atomic E-state index is 14.3. The zero-order chi connectivity index (χ0) is 17.3. The van der Waals surface area contributed by atoms with Gasteiger partial charge in [-0.2, -0.15) is 0 Å². The summed E-state index contributed by atoms with van der Waals surface area (Å²) in [6.07, 6.45) is 3.55. The van der Waals surface area contributed by atoms with E-state index in [0.29, 0.717) is 11.5 Å². The molecule has 0 aliphatic heterocycles. The van der Waals surface area contributed by atoms with Crippen molar-refractivity contribution in [3.8, 4) is 0 Å². The molecule has 0 radical (unpaired) electrons. The number of hydrogen-bond acceptors (Lipinski definition) is 3. The number of nitrogens with one attached hydrogen (secondary N) is 2. The zero-order valence-electron chi connectivity index (χ0n) is 12.9. The first kappa shape index (κ1) is 16.4. The van der Waals surface area contributed by atoms with Crippen molar-refractivity contribution in [2.75, 3.05) is 5.32 Å². The van der Waals surface area contributed by atoms with Gasteiger partial charge in [-0.3, -0.25) is 10.1 Å². The van der Waals surface area contributed by atoms with Gasteiger partial charge in [0.2, 0.25) is 0 Å². The zero-order valence-corrected chi connectivity index (χ0v) is 13.7. The van der Waals surface area contributed by atoms with E-state index in [1.807, 2.05) is 0 Å². The highest BCUT2D eigenvalue weighted by Crippen LogP contribution is 2.41. The van der Waals surface area contributed by atoms with Crippen molar-refractivity contribution in [1.29, 1.82) is 0 Å². The monoisotopic (exact) mass is 347 g/mol. The number of rotatable bonds is 3. The lowest BCUT2D eigenvalue weighted by Crippen LogP contribution is -2.35. The number of urea groups is 1. The van der Waals surface area contributed by atoms with Crippen molar-refractivity contribution in [3.05, 3.63) is 58.1 Å². The maximum atomic E-state index is 14.3. The van der Waals surface area contributed by atoms with E-state index >= 15 is 0 Å². The molecule has 7 heteroatoms. The molecule has 0 saturated heterocycles. The van der Waals surface area contributed by atoms with Gasteiger partial charge < -0.3 is 5.32 Å². The summed E-state index contributed by atoms with van der Waals surface area (Å²) in [5.74, 6) is -1.04. The molecule has 1 aliphatic rings. The third-order valence-corrected chi connectivity index (χ3v) is 4.12. The van der Waals surface area contributed by atoms with Crippen molar-refractivity contribution < 1.29 is 14.0 Å². The number of nitrogens with zero attached hydrogens (tertiary/aromatic N) is 1. The van der Waals surface area contributed by atoms with Crippen molar-refractivity contribution in [1.82, 2.24) is 10.3 Å². The van der Waals surface area contributed by atoms with Gasteiger partial charge in [-0.1, -0.05) is 17.7 Å². The summed E-state index contributed by atoms with van der Waals surface area (Å²) < 4.78 is 14.3. The number of aromatic nitrogens is 1. The fourth-order valence-electron chi connectivity index (χ4n) is 2.51. The Labute approximate surface area is 143 Å². The molecule has 2 aromatic rings. The molecule has 0 spiro atoms. The van der Waals surface area contributed by atoms with Crippen LogP contribution in [0, 0.1) is 12.7 Å². The van der Waals surface area contributed by atoms with Crippen LogP contribution in [0.15, 0.2) is 30.5 Å². The minimum atomic E-state index is -0.806. The molecule has 0 unspecified atom stereocenters. The third-order valence-electron chi connectivity index (χ3n) is 3.82. The van der Waals surface area contributed by atoms with Crippen LogP contribution in [0.2, 0.25) is 5.15 Å². The number of carbonyl (C=O) groups is 2. The molecule has 0 atom stereocenters. The number of halogens is 2. The summed E-state index contributed by atoms with van der Waals surface area (Å²) in [6.45, 7) is 1.65. The predicted octanol–water partition coefficient (Wildman–Crippen LogP) is 4.02. The average Bonchev–Trinajstić information content (AvgIpc) is 3.33. The van der Waals surface area contributed by atoms with Gasteiger partial charge in [0, 0.05) is 6.20 Å². The quantitative estimate of drug-likeness (QED) is 0.824. The first-order valence-electron chi connectivity index (χ1n) is 7.48. The van der Waals surface area contributed by atoms with Gasteiger partial charge in [-0.05, 0) is 55.0 Å². The van der Waals surface area contributed by atoms with Crippen LogP contribution in [0.5, 0.6) is 0 Å². The topological polar surface area (TPSA) is 71.1 Å². The van der Waals surface area contributed by atoms with Crippen LogP contribution in [0.1, 0.15) is 40.2 Å². The highest BCUT2D eigenvalue weighted by Gasteiger charge is 2.26. The number of anilines is 1. The van der Waals surface area contributed by atoms with E-state index in [0.717, 1.165) is 18.4 Å². The molecule has 1 aromatic carbocycles. The van der Waals surface area contributed by atoms with Crippen molar-refractivity contribution in [2.24, 2.45) is 0 Å². The summed E-state index contributed by atoms with van der Waals surface area (Å²) in [6, 6.07) is 5.49. The third kappa shape index (κ3) is 3.54. The number of amides is 3. The Morgan fingerprint density at radius 2 is 2.08 bits per heavy atom. The smallest absolute Gasteiger partial charge is 0.305 e. The van der Waals surface area contributed by atoms with Gasteiger partial charge in [0.1, 0.15) is 5.82 Å². The number of aryl methyl sites for hydroxylation is 1. The minimum Gasteiger partial charge on any atom is -0.305 e. The average molecular weight is 348 g/mol. The molecule has 1 aromatic heterocycles. The molecule has 1 fully saturated rings. The second-order valence-corrected chi connectivity index (χ2v) is 6.08. The largest absolute Gasteiger partial charge is 0.326 e. The lowest BCUT2D eigenvalue weighted by Gasteiger charge is -2.11. The van der Waals surface area contributed by atoms with Crippen molar-refractivity contribution in [3.63, 3.8) is 0 Å². The molecule has 124 valence electrons. The first-order valence-corrected chi connectivity index (χ1v) is 7.86. The number of benzene rings is 1. The summed E-state index contributed by atoms with van der Waals surface area (Å²) in [5, 5.41) is 4.60. The maximum Gasteiger partial charge on any atom is 0.326 e. The summed E-state index contributed by atoms with van der Waals surface area (Å²) in [5.41, 5.74) is 1.52. The second kappa shape index (κ2) is 6.57. The molecule has 1 aliphatic carbocycles. The SMILES string of the molecule is Cc1cc(C2CC2)cc(F)c1C(=O)NC(=O)Nc1cccnc1Cl. The van der Waals surface area contributed by atoms with E-state index in [4.69, 9.17) is 11.6 Å². The van der Waals surface area contributed by atoms with Gasteiger partial charge >= 0.3 is 6.03 Å². The number of hydrogen-bond donors (Lipinski definition) is 2. The van der Waals surface area contributed by atoms with E-state index in [-0.39, 0.29) is 16.4 Å².